The van der Waals surface area contributed by atoms with E-state index in [1.165, 1.54) is 18.2 Å². The lowest BCUT2D eigenvalue weighted by molar-refractivity contribution is -0.274. The first-order chi connectivity index (χ1) is 12.8. The fourth-order valence-corrected chi connectivity index (χ4v) is 3.91. The second-order valence-electron chi connectivity index (χ2n) is 6.98. The van der Waals surface area contributed by atoms with E-state index in [0.717, 1.165) is 18.5 Å². The standard InChI is InChI=1S/C20H19F3N2O2/c1-12-18(7-8-24-12)25-11-15-6-5-14(10-17(15)19(25)26)13-3-2-4-16(9-13)27-20(21,22)23/h2-6,9-10,12,18,24H,7-8,11H2,1H3/t12-,18-/m1/s1. The lowest BCUT2D eigenvalue weighted by Crippen LogP contribution is -2.42. The molecule has 0 spiro atoms. The summed E-state index contributed by atoms with van der Waals surface area (Å²) in [6.07, 6.45) is -3.82. The lowest BCUT2D eigenvalue weighted by Gasteiger charge is -2.26. The van der Waals surface area contributed by atoms with Crippen molar-refractivity contribution in [1.82, 2.24) is 10.2 Å². The first kappa shape index (κ1) is 17.9. The molecule has 27 heavy (non-hydrogen) atoms. The summed E-state index contributed by atoms with van der Waals surface area (Å²) < 4.78 is 41.3. The third-order valence-corrected chi connectivity index (χ3v) is 5.23. The van der Waals surface area contributed by atoms with Gasteiger partial charge in [-0.15, -0.1) is 13.2 Å². The van der Waals surface area contributed by atoms with E-state index in [0.29, 0.717) is 23.2 Å². The molecule has 2 heterocycles. The largest absolute Gasteiger partial charge is 0.573 e. The van der Waals surface area contributed by atoms with Gasteiger partial charge in [0.15, 0.2) is 0 Å². The van der Waals surface area contributed by atoms with Crippen LogP contribution in [-0.2, 0) is 6.54 Å². The molecule has 1 fully saturated rings. The van der Waals surface area contributed by atoms with Crippen LogP contribution in [0.3, 0.4) is 0 Å². The topological polar surface area (TPSA) is 41.6 Å². The SMILES string of the molecule is C[C@H]1NCC[C@H]1N1Cc2ccc(-c3cccc(OC(F)(F)F)c3)cc2C1=O. The minimum atomic E-state index is -4.74. The average Bonchev–Trinajstić information content (AvgIpc) is 3.16. The normalized spacial score (nSPS) is 22.2. The van der Waals surface area contributed by atoms with Crippen molar-refractivity contribution in [2.24, 2.45) is 0 Å². The summed E-state index contributed by atoms with van der Waals surface area (Å²) in [5, 5.41) is 3.36. The number of fused-ring (bicyclic) bond motifs is 1. The molecular formula is C20H19F3N2O2. The zero-order chi connectivity index (χ0) is 19.2. The number of carbonyl (C=O) groups is 1. The van der Waals surface area contributed by atoms with Gasteiger partial charge >= 0.3 is 6.36 Å². The highest BCUT2D eigenvalue weighted by atomic mass is 19.4. The van der Waals surface area contributed by atoms with E-state index in [2.05, 4.69) is 17.0 Å². The minimum absolute atomic E-state index is 0.0184. The predicted molar refractivity (Wildman–Crippen MR) is 94.3 cm³/mol. The van der Waals surface area contributed by atoms with Gasteiger partial charge in [-0.05, 0) is 54.8 Å². The minimum Gasteiger partial charge on any atom is -0.406 e. The number of rotatable bonds is 3. The molecule has 0 unspecified atom stereocenters. The van der Waals surface area contributed by atoms with Gasteiger partial charge in [-0.25, -0.2) is 0 Å². The van der Waals surface area contributed by atoms with Gasteiger partial charge < -0.3 is 15.0 Å². The zero-order valence-corrected chi connectivity index (χ0v) is 14.7. The number of ether oxygens (including phenoxy) is 1. The molecule has 142 valence electrons. The Morgan fingerprint density at radius 1 is 1.15 bits per heavy atom. The Morgan fingerprint density at radius 3 is 2.63 bits per heavy atom. The Morgan fingerprint density at radius 2 is 1.93 bits per heavy atom. The Balaban J connectivity index is 1.61. The Hall–Kier alpha value is -2.54. The highest BCUT2D eigenvalue weighted by molar-refractivity contribution is 5.99. The van der Waals surface area contributed by atoms with Crippen molar-refractivity contribution in [3.05, 3.63) is 53.6 Å². The number of carbonyl (C=O) groups excluding carboxylic acids is 1. The van der Waals surface area contributed by atoms with Gasteiger partial charge in [0, 0.05) is 24.2 Å². The maximum absolute atomic E-state index is 12.9. The molecule has 0 bridgehead atoms. The number of halogens is 3. The molecule has 4 nitrogen and oxygen atoms in total. The molecule has 2 aliphatic heterocycles. The molecule has 0 aromatic heterocycles. The molecule has 1 saturated heterocycles. The van der Waals surface area contributed by atoms with Crippen molar-refractivity contribution in [1.29, 1.82) is 0 Å². The smallest absolute Gasteiger partial charge is 0.406 e. The zero-order valence-electron chi connectivity index (χ0n) is 14.7. The summed E-state index contributed by atoms with van der Waals surface area (Å²) in [5.41, 5.74) is 2.83. The average molecular weight is 376 g/mol. The first-order valence-corrected chi connectivity index (χ1v) is 8.85. The third kappa shape index (κ3) is 3.51. The molecule has 2 aromatic carbocycles. The van der Waals surface area contributed by atoms with E-state index < -0.39 is 6.36 Å². The highest BCUT2D eigenvalue weighted by Gasteiger charge is 2.37. The van der Waals surface area contributed by atoms with E-state index in [1.54, 1.807) is 12.1 Å². The Kier molecular flexibility index (Phi) is 4.34. The molecule has 0 aliphatic carbocycles. The highest BCUT2D eigenvalue weighted by Crippen LogP contribution is 2.33. The van der Waals surface area contributed by atoms with E-state index in [1.807, 2.05) is 17.0 Å². The predicted octanol–water partition coefficient (Wildman–Crippen LogP) is 3.96. The van der Waals surface area contributed by atoms with Crippen molar-refractivity contribution < 1.29 is 22.7 Å². The third-order valence-electron chi connectivity index (χ3n) is 5.23. The summed E-state index contributed by atoms with van der Waals surface area (Å²) in [6, 6.07) is 11.7. The number of nitrogens with one attached hydrogen (secondary N) is 1. The fourth-order valence-electron chi connectivity index (χ4n) is 3.91. The number of hydrogen-bond acceptors (Lipinski definition) is 3. The molecule has 2 atom stereocenters. The van der Waals surface area contributed by atoms with Crippen molar-refractivity contribution >= 4 is 5.91 Å². The summed E-state index contributed by atoms with van der Waals surface area (Å²) >= 11 is 0. The van der Waals surface area contributed by atoms with Gasteiger partial charge in [-0.2, -0.15) is 0 Å². The quantitative estimate of drug-likeness (QED) is 0.882. The molecule has 0 saturated carbocycles. The second-order valence-corrected chi connectivity index (χ2v) is 6.98. The molecule has 1 amide bonds. The van der Waals surface area contributed by atoms with E-state index >= 15 is 0 Å². The molecular weight excluding hydrogens is 357 g/mol. The van der Waals surface area contributed by atoms with Crippen LogP contribution in [0, 0.1) is 0 Å². The molecule has 0 radical (unpaired) electrons. The van der Waals surface area contributed by atoms with E-state index in [4.69, 9.17) is 0 Å². The second kappa shape index (κ2) is 6.56. The van der Waals surface area contributed by atoms with Crippen molar-refractivity contribution in [2.75, 3.05) is 6.54 Å². The summed E-state index contributed by atoms with van der Waals surface area (Å²) in [5.74, 6) is -0.297. The lowest BCUT2D eigenvalue weighted by atomic mass is 10.0. The van der Waals surface area contributed by atoms with Gasteiger partial charge in [0.25, 0.3) is 5.91 Å². The number of amides is 1. The van der Waals surface area contributed by atoms with Crippen LogP contribution < -0.4 is 10.1 Å². The van der Waals surface area contributed by atoms with Crippen LogP contribution in [0.25, 0.3) is 11.1 Å². The molecule has 7 heteroatoms. The number of alkyl halides is 3. The van der Waals surface area contributed by atoms with Gasteiger partial charge in [-0.3, -0.25) is 4.79 Å². The van der Waals surface area contributed by atoms with E-state index in [-0.39, 0.29) is 23.7 Å². The summed E-state index contributed by atoms with van der Waals surface area (Å²) in [6.45, 7) is 3.54. The molecule has 1 N–H and O–H groups in total. The van der Waals surface area contributed by atoms with Crippen LogP contribution in [0.5, 0.6) is 5.75 Å². The number of nitrogens with zero attached hydrogens (tertiary/aromatic N) is 1. The molecule has 2 aliphatic rings. The first-order valence-electron chi connectivity index (χ1n) is 8.85. The van der Waals surface area contributed by atoms with Crippen LogP contribution in [0.2, 0.25) is 0 Å². The van der Waals surface area contributed by atoms with Crippen molar-refractivity contribution in [2.45, 2.75) is 38.3 Å². The van der Waals surface area contributed by atoms with Gasteiger partial charge in [0.05, 0.1) is 0 Å². The van der Waals surface area contributed by atoms with Crippen LogP contribution >= 0.6 is 0 Å². The van der Waals surface area contributed by atoms with Crippen LogP contribution in [-0.4, -0.2) is 35.8 Å². The Labute approximate surface area is 154 Å². The Bertz CT molecular complexity index is 882. The van der Waals surface area contributed by atoms with Crippen molar-refractivity contribution in [3.63, 3.8) is 0 Å². The van der Waals surface area contributed by atoms with Crippen LogP contribution in [0.1, 0.15) is 29.3 Å². The fraction of sp³-hybridized carbons (Fsp3) is 0.350. The van der Waals surface area contributed by atoms with Gasteiger partial charge in [0.1, 0.15) is 5.75 Å². The molecule has 4 rings (SSSR count). The maximum Gasteiger partial charge on any atom is 0.573 e. The maximum atomic E-state index is 12.9. The van der Waals surface area contributed by atoms with Crippen molar-refractivity contribution in [3.8, 4) is 16.9 Å². The number of hydrogen-bond donors (Lipinski definition) is 1. The van der Waals surface area contributed by atoms with Gasteiger partial charge in [-0.1, -0.05) is 24.3 Å². The monoisotopic (exact) mass is 376 g/mol. The molecule has 2 aromatic rings. The van der Waals surface area contributed by atoms with E-state index in [9.17, 15) is 18.0 Å². The van der Waals surface area contributed by atoms with Gasteiger partial charge in [0.2, 0.25) is 0 Å². The number of benzene rings is 2. The summed E-state index contributed by atoms with van der Waals surface area (Å²) in [7, 11) is 0. The van der Waals surface area contributed by atoms with Crippen LogP contribution in [0.4, 0.5) is 13.2 Å². The van der Waals surface area contributed by atoms with Crippen LogP contribution in [0.15, 0.2) is 42.5 Å². The summed E-state index contributed by atoms with van der Waals surface area (Å²) in [4.78, 5) is 14.8.